The summed E-state index contributed by atoms with van der Waals surface area (Å²) in [5.41, 5.74) is 19.3. The summed E-state index contributed by atoms with van der Waals surface area (Å²) in [6.07, 6.45) is 0. The Balaban J connectivity index is 0.824. The van der Waals surface area contributed by atoms with Gasteiger partial charge in [0.05, 0.1) is 69.9 Å². The second-order valence-electron chi connectivity index (χ2n) is 20.2. The molecule has 0 amide bonds. The summed E-state index contributed by atoms with van der Waals surface area (Å²) in [7, 11) is 0. The molecule has 0 aliphatic rings. The van der Waals surface area contributed by atoms with Crippen molar-refractivity contribution in [3.63, 3.8) is 0 Å². The van der Waals surface area contributed by atoms with Crippen molar-refractivity contribution in [3.05, 3.63) is 289 Å². The average molecular weight is 1030 g/mol. The highest BCUT2D eigenvalue weighted by atomic mass is 15.0. The van der Waals surface area contributed by atoms with Crippen LogP contribution in [0.1, 0.15) is 0 Å². The summed E-state index contributed by atoms with van der Waals surface area (Å²) in [4.78, 5) is 21.7. The lowest BCUT2D eigenvalue weighted by atomic mass is 9.98. The molecule has 81 heavy (non-hydrogen) atoms. The van der Waals surface area contributed by atoms with Crippen molar-refractivity contribution in [2.45, 2.75) is 0 Å². The predicted molar refractivity (Wildman–Crippen MR) is 331 cm³/mol. The molecule has 0 spiro atoms. The fourth-order valence-electron chi connectivity index (χ4n) is 11.9. The van der Waals surface area contributed by atoms with Crippen molar-refractivity contribution >= 4 is 82.5 Å². The molecule has 4 aromatic heterocycles. The number of nitrogens with zero attached hydrogens (tertiary/aromatic N) is 8. The zero-order valence-electron chi connectivity index (χ0n) is 43.3. The largest absolute Gasteiger partial charge is 0.319 e. The first-order chi connectivity index (χ1) is 40.0. The van der Waals surface area contributed by atoms with Gasteiger partial charge in [0.25, 0.3) is 0 Å². The molecule has 0 fully saturated rings. The summed E-state index contributed by atoms with van der Waals surface area (Å²) >= 11 is 0. The lowest BCUT2D eigenvalue weighted by Crippen LogP contribution is -1.97. The number of para-hydroxylation sites is 2. The van der Waals surface area contributed by atoms with Crippen LogP contribution < -0.4 is 0 Å². The van der Waals surface area contributed by atoms with Crippen molar-refractivity contribution in [1.29, 1.82) is 0 Å². The van der Waals surface area contributed by atoms with Crippen molar-refractivity contribution in [2.75, 3.05) is 0 Å². The SMILES string of the molecule is [C-]#[N+]c1ccc2c(c1)c1cc([N+]#[C-])ccc1n2-c1ccc2c(c1)c1cc(-n3c4ccccc4c4ccccc43)ccc1n2-c1ccc(-c2ccc(-c3ccc(-c4cc(-c5ccccc5)nc(-c5ccccc5)n4)cc3)cc2)cc1[N+]#[C-]. The summed E-state index contributed by atoms with van der Waals surface area (Å²) in [5.74, 6) is 0.684. The summed E-state index contributed by atoms with van der Waals surface area (Å²) in [6.45, 7) is 24.3. The third-order valence-electron chi connectivity index (χ3n) is 15.7. The Hall–Kier alpha value is -11.6. The number of aromatic nitrogens is 5. The van der Waals surface area contributed by atoms with Crippen LogP contribution >= 0.6 is 0 Å². The number of hydrogen-bond acceptors (Lipinski definition) is 2. The molecule has 0 atom stereocenters. The molecule has 4 heterocycles. The van der Waals surface area contributed by atoms with E-state index in [1.807, 2.05) is 91.0 Å². The van der Waals surface area contributed by atoms with E-state index in [1.165, 1.54) is 10.8 Å². The van der Waals surface area contributed by atoms with E-state index in [2.05, 4.69) is 192 Å². The summed E-state index contributed by atoms with van der Waals surface area (Å²) in [5, 5.41) is 6.26. The molecule has 0 aliphatic heterocycles. The van der Waals surface area contributed by atoms with E-state index in [0.717, 1.165) is 122 Å². The quantitative estimate of drug-likeness (QED) is 0.142. The van der Waals surface area contributed by atoms with Gasteiger partial charge >= 0.3 is 0 Å². The highest BCUT2D eigenvalue weighted by Crippen LogP contribution is 2.43. The van der Waals surface area contributed by atoms with Gasteiger partial charge in [0.15, 0.2) is 17.2 Å². The number of rotatable bonds is 8. The molecule has 15 aromatic rings. The van der Waals surface area contributed by atoms with Gasteiger partial charge in [-0.1, -0.05) is 164 Å². The molecule has 8 heteroatoms. The van der Waals surface area contributed by atoms with Crippen molar-refractivity contribution < 1.29 is 0 Å². The Bertz CT molecular complexity index is 5000. The van der Waals surface area contributed by atoms with Gasteiger partial charge in [0, 0.05) is 49.6 Å². The van der Waals surface area contributed by atoms with Gasteiger partial charge in [0.2, 0.25) is 5.69 Å². The van der Waals surface area contributed by atoms with E-state index >= 15 is 0 Å². The Morgan fingerprint density at radius 3 is 1.17 bits per heavy atom. The molecule has 0 bridgehead atoms. The van der Waals surface area contributed by atoms with E-state index in [0.29, 0.717) is 22.9 Å². The smallest absolute Gasteiger partial charge is 0.211 e. The first-order valence-corrected chi connectivity index (χ1v) is 26.6. The second-order valence-corrected chi connectivity index (χ2v) is 20.2. The molecule has 374 valence electrons. The molecule has 0 saturated heterocycles. The van der Waals surface area contributed by atoms with Crippen LogP contribution in [-0.4, -0.2) is 23.7 Å². The van der Waals surface area contributed by atoms with Crippen LogP contribution in [0.4, 0.5) is 17.1 Å². The zero-order chi connectivity index (χ0) is 54.1. The molecule has 0 radical (unpaired) electrons. The molecular weight excluding hydrogens is 989 g/mol. The monoisotopic (exact) mass is 1030 g/mol. The van der Waals surface area contributed by atoms with E-state index in [4.69, 9.17) is 29.7 Å². The number of benzene rings is 11. The van der Waals surface area contributed by atoms with Crippen molar-refractivity contribution in [3.8, 4) is 73.2 Å². The molecule has 0 saturated carbocycles. The highest BCUT2D eigenvalue weighted by Gasteiger charge is 2.21. The van der Waals surface area contributed by atoms with Gasteiger partial charge in [-0.15, -0.1) is 0 Å². The first-order valence-electron chi connectivity index (χ1n) is 26.6. The van der Waals surface area contributed by atoms with Gasteiger partial charge in [-0.3, -0.25) is 0 Å². The number of hydrogen-bond donors (Lipinski definition) is 0. The van der Waals surface area contributed by atoms with Gasteiger partial charge in [-0.2, -0.15) is 0 Å². The topological polar surface area (TPSA) is 53.6 Å². The minimum Gasteiger partial charge on any atom is -0.319 e. The number of fused-ring (bicyclic) bond motifs is 9. The fourth-order valence-corrected chi connectivity index (χ4v) is 11.9. The fraction of sp³-hybridized carbons (Fsp3) is 0. The lowest BCUT2D eigenvalue weighted by Gasteiger charge is -2.14. The lowest BCUT2D eigenvalue weighted by molar-refractivity contribution is 1.16. The van der Waals surface area contributed by atoms with Crippen LogP contribution in [-0.2, 0) is 0 Å². The molecule has 0 aliphatic carbocycles. The average Bonchev–Trinajstić information content (AvgIpc) is 4.14. The maximum Gasteiger partial charge on any atom is 0.211 e. The molecule has 11 aromatic carbocycles. The Morgan fingerprint density at radius 2 is 0.667 bits per heavy atom. The summed E-state index contributed by atoms with van der Waals surface area (Å²) < 4.78 is 6.81. The molecule has 8 nitrogen and oxygen atoms in total. The maximum atomic E-state index is 8.68. The van der Waals surface area contributed by atoms with Crippen LogP contribution in [0.15, 0.2) is 255 Å². The standard InChI is InChI=1S/C73H42N8/c1-74-53-31-36-68-59(41-53)60-42-54(75-2)32-37-69(60)80(68)56-34-39-71-62(44-56)61-43-55(79-66-20-12-10-18-57(66)58-19-11-13-21-67(58)79)33-38-70(61)81(71)72-35-30-52(40-65(72)76-3)48-24-22-46(23-25-48)47-26-28-50(29-27-47)64-45-63(49-14-6-4-7-15-49)77-73(78-64)51-16-8-5-9-17-51/h4-45H. The van der Waals surface area contributed by atoms with E-state index < -0.39 is 0 Å². The van der Waals surface area contributed by atoms with Gasteiger partial charge < -0.3 is 13.7 Å². The van der Waals surface area contributed by atoms with E-state index in [-0.39, 0.29) is 0 Å². The molecule has 0 N–H and O–H groups in total. The van der Waals surface area contributed by atoms with Crippen LogP contribution in [0.5, 0.6) is 0 Å². The Kier molecular flexibility index (Phi) is 10.8. The van der Waals surface area contributed by atoms with Crippen molar-refractivity contribution in [1.82, 2.24) is 23.7 Å². The normalized spacial score (nSPS) is 11.4. The van der Waals surface area contributed by atoms with Crippen LogP contribution in [0.25, 0.3) is 153 Å². The first kappa shape index (κ1) is 46.7. The second kappa shape index (κ2) is 18.8. The Morgan fingerprint density at radius 1 is 0.272 bits per heavy atom. The third-order valence-corrected chi connectivity index (χ3v) is 15.7. The highest BCUT2D eigenvalue weighted by molar-refractivity contribution is 6.15. The minimum atomic E-state index is 0.533. The van der Waals surface area contributed by atoms with Gasteiger partial charge in [-0.05, 0) is 124 Å². The van der Waals surface area contributed by atoms with E-state index in [9.17, 15) is 0 Å². The Labute approximate surface area is 466 Å². The van der Waals surface area contributed by atoms with Crippen LogP contribution in [0, 0.1) is 19.7 Å². The molecule has 0 unspecified atom stereocenters. The predicted octanol–water partition coefficient (Wildman–Crippen LogP) is 19.8. The molecule has 15 rings (SSSR count). The summed E-state index contributed by atoms with van der Waals surface area (Å²) in [6, 6.07) is 87.6. The maximum absolute atomic E-state index is 8.68. The van der Waals surface area contributed by atoms with Crippen molar-refractivity contribution in [2.24, 2.45) is 0 Å². The van der Waals surface area contributed by atoms with Crippen LogP contribution in [0.3, 0.4) is 0 Å². The van der Waals surface area contributed by atoms with E-state index in [1.54, 1.807) is 0 Å². The third kappa shape index (κ3) is 7.73. The van der Waals surface area contributed by atoms with Gasteiger partial charge in [-0.25, -0.2) is 24.5 Å². The molecular formula is C73H42N8. The zero-order valence-corrected chi connectivity index (χ0v) is 43.3. The van der Waals surface area contributed by atoms with Crippen LogP contribution in [0.2, 0.25) is 0 Å². The minimum absolute atomic E-state index is 0.533. The van der Waals surface area contributed by atoms with Gasteiger partial charge in [0.1, 0.15) is 0 Å².